The summed E-state index contributed by atoms with van der Waals surface area (Å²) in [6.07, 6.45) is 1.78. The minimum atomic E-state index is -3.49. The Bertz CT molecular complexity index is 1140. The SMILES string of the molecule is COc1ccc(-c2noc(CCC(=O)N3CCC(NS(=O)(=O)c4cccs4)CC3)n2)cc1. The minimum Gasteiger partial charge on any atom is -0.497 e. The third-order valence-corrected chi connectivity index (χ3v) is 8.22. The Morgan fingerprint density at radius 1 is 1.25 bits per heavy atom. The first-order chi connectivity index (χ1) is 15.4. The fourth-order valence-electron chi connectivity index (χ4n) is 3.53. The lowest BCUT2D eigenvalue weighted by Gasteiger charge is -2.32. The van der Waals surface area contributed by atoms with Gasteiger partial charge >= 0.3 is 0 Å². The van der Waals surface area contributed by atoms with Gasteiger partial charge in [-0.15, -0.1) is 11.3 Å². The number of likely N-dealkylation sites (tertiary alicyclic amines) is 1. The van der Waals surface area contributed by atoms with Crippen molar-refractivity contribution in [1.29, 1.82) is 0 Å². The highest BCUT2D eigenvalue weighted by Crippen LogP contribution is 2.21. The predicted octanol–water partition coefficient (Wildman–Crippen LogP) is 2.71. The molecule has 1 amide bonds. The summed E-state index contributed by atoms with van der Waals surface area (Å²) in [5.74, 6) is 1.61. The lowest BCUT2D eigenvalue weighted by molar-refractivity contribution is -0.132. The van der Waals surface area contributed by atoms with Crippen LogP contribution in [0.2, 0.25) is 0 Å². The number of sulfonamides is 1. The number of ether oxygens (including phenoxy) is 1. The van der Waals surface area contributed by atoms with Gasteiger partial charge in [-0.05, 0) is 48.6 Å². The van der Waals surface area contributed by atoms with Crippen LogP contribution in [0.25, 0.3) is 11.4 Å². The van der Waals surface area contributed by atoms with Gasteiger partial charge < -0.3 is 14.2 Å². The second-order valence-corrected chi connectivity index (χ2v) is 10.3. The number of nitrogens with one attached hydrogen (secondary N) is 1. The summed E-state index contributed by atoms with van der Waals surface area (Å²) >= 11 is 1.19. The first-order valence-corrected chi connectivity index (χ1v) is 12.6. The molecule has 1 aliphatic heterocycles. The molecular formula is C21H24N4O5S2. The summed E-state index contributed by atoms with van der Waals surface area (Å²) in [6.45, 7) is 1.02. The number of rotatable bonds is 8. The van der Waals surface area contributed by atoms with Crippen LogP contribution in [-0.2, 0) is 21.2 Å². The molecule has 2 aromatic heterocycles. The van der Waals surface area contributed by atoms with Crippen LogP contribution in [-0.4, -0.2) is 55.6 Å². The zero-order chi connectivity index (χ0) is 22.6. The lowest BCUT2D eigenvalue weighted by atomic mass is 10.1. The number of carbonyl (C=O) groups excluding carboxylic acids is 1. The molecule has 0 bridgehead atoms. The van der Waals surface area contributed by atoms with E-state index in [-0.39, 0.29) is 18.4 Å². The molecule has 0 radical (unpaired) electrons. The summed E-state index contributed by atoms with van der Waals surface area (Å²) in [6, 6.07) is 10.4. The monoisotopic (exact) mass is 476 g/mol. The average Bonchev–Trinajstić information content (AvgIpc) is 3.51. The molecule has 0 spiro atoms. The molecule has 0 unspecified atom stereocenters. The number of amides is 1. The third-order valence-electron chi connectivity index (χ3n) is 5.30. The maximum atomic E-state index is 12.6. The van der Waals surface area contributed by atoms with Gasteiger partial charge in [-0.25, -0.2) is 13.1 Å². The van der Waals surface area contributed by atoms with Crippen molar-refractivity contribution in [3.05, 3.63) is 47.7 Å². The smallest absolute Gasteiger partial charge is 0.250 e. The van der Waals surface area contributed by atoms with Gasteiger partial charge in [0.2, 0.25) is 27.6 Å². The first kappa shape index (κ1) is 22.4. The van der Waals surface area contributed by atoms with Gasteiger partial charge in [0.15, 0.2) is 0 Å². The Labute approximate surface area is 190 Å². The van der Waals surface area contributed by atoms with Gasteiger partial charge in [-0.1, -0.05) is 11.2 Å². The van der Waals surface area contributed by atoms with Crippen molar-refractivity contribution in [3.8, 4) is 17.1 Å². The highest BCUT2D eigenvalue weighted by molar-refractivity contribution is 7.91. The van der Waals surface area contributed by atoms with Crippen LogP contribution >= 0.6 is 11.3 Å². The Morgan fingerprint density at radius 2 is 2.00 bits per heavy atom. The molecule has 3 aromatic rings. The highest BCUT2D eigenvalue weighted by Gasteiger charge is 2.27. The molecule has 0 atom stereocenters. The van der Waals surface area contributed by atoms with Crippen LogP contribution in [0.15, 0.2) is 50.5 Å². The quantitative estimate of drug-likeness (QED) is 0.532. The van der Waals surface area contributed by atoms with Crippen molar-refractivity contribution in [1.82, 2.24) is 19.8 Å². The van der Waals surface area contributed by atoms with Gasteiger partial charge in [-0.3, -0.25) is 4.79 Å². The van der Waals surface area contributed by atoms with E-state index in [1.807, 2.05) is 24.3 Å². The molecule has 170 valence electrons. The summed E-state index contributed by atoms with van der Waals surface area (Å²) in [4.78, 5) is 18.7. The summed E-state index contributed by atoms with van der Waals surface area (Å²) in [5, 5.41) is 5.72. The number of aromatic nitrogens is 2. The maximum absolute atomic E-state index is 12.6. The fraction of sp³-hybridized carbons (Fsp3) is 0.381. The van der Waals surface area contributed by atoms with Crippen molar-refractivity contribution < 1.29 is 22.5 Å². The molecule has 1 saturated heterocycles. The van der Waals surface area contributed by atoms with E-state index in [0.717, 1.165) is 11.3 Å². The van der Waals surface area contributed by atoms with Gasteiger partial charge in [0.25, 0.3) is 0 Å². The minimum absolute atomic E-state index is 0.00578. The van der Waals surface area contributed by atoms with Gasteiger partial charge in [-0.2, -0.15) is 4.98 Å². The molecule has 11 heteroatoms. The van der Waals surface area contributed by atoms with E-state index in [2.05, 4.69) is 14.9 Å². The fourth-order valence-corrected chi connectivity index (χ4v) is 5.84. The zero-order valence-electron chi connectivity index (χ0n) is 17.6. The van der Waals surface area contributed by atoms with Crippen LogP contribution in [0.4, 0.5) is 0 Å². The summed E-state index contributed by atoms with van der Waals surface area (Å²) in [5.41, 5.74) is 0.805. The third kappa shape index (κ3) is 5.34. The Kier molecular flexibility index (Phi) is 6.87. The van der Waals surface area contributed by atoms with E-state index in [1.54, 1.807) is 29.5 Å². The van der Waals surface area contributed by atoms with Crippen molar-refractivity contribution in [3.63, 3.8) is 0 Å². The molecule has 0 aliphatic carbocycles. The van der Waals surface area contributed by atoms with Crippen LogP contribution in [0.1, 0.15) is 25.2 Å². The van der Waals surface area contributed by atoms with E-state index in [0.29, 0.717) is 48.3 Å². The second kappa shape index (κ2) is 9.80. The van der Waals surface area contributed by atoms with Crippen molar-refractivity contribution in [2.45, 2.75) is 35.9 Å². The molecule has 1 aliphatic rings. The van der Waals surface area contributed by atoms with Gasteiger partial charge in [0.1, 0.15) is 9.96 Å². The van der Waals surface area contributed by atoms with Crippen LogP contribution < -0.4 is 9.46 Å². The Hall–Kier alpha value is -2.76. The standard InChI is InChI=1S/C21H24N4O5S2/c1-29-17-6-4-15(5-7-17)21-22-18(30-23-21)8-9-19(26)25-12-10-16(11-13-25)24-32(27,28)20-3-2-14-31-20/h2-7,14,16,24H,8-13H2,1H3. The Morgan fingerprint density at radius 3 is 2.66 bits per heavy atom. The molecule has 9 nitrogen and oxygen atoms in total. The van der Waals surface area contributed by atoms with Crippen LogP contribution in [0.3, 0.4) is 0 Å². The highest BCUT2D eigenvalue weighted by atomic mass is 32.2. The number of methoxy groups -OCH3 is 1. The number of hydrogen-bond acceptors (Lipinski definition) is 8. The van der Waals surface area contributed by atoms with Crippen LogP contribution in [0.5, 0.6) is 5.75 Å². The van der Waals surface area contributed by atoms with Crippen molar-refractivity contribution >= 4 is 27.3 Å². The van der Waals surface area contributed by atoms with Crippen LogP contribution in [0, 0.1) is 0 Å². The first-order valence-electron chi connectivity index (χ1n) is 10.3. The number of piperidine rings is 1. The number of thiophene rings is 1. The lowest BCUT2D eigenvalue weighted by Crippen LogP contribution is -2.46. The number of benzene rings is 1. The Balaban J connectivity index is 1.24. The molecule has 3 heterocycles. The molecule has 1 aromatic carbocycles. The predicted molar refractivity (Wildman–Crippen MR) is 119 cm³/mol. The van der Waals surface area contributed by atoms with E-state index >= 15 is 0 Å². The number of carbonyl (C=O) groups is 1. The van der Waals surface area contributed by atoms with E-state index in [1.165, 1.54) is 11.3 Å². The molecule has 32 heavy (non-hydrogen) atoms. The van der Waals surface area contributed by atoms with Crippen molar-refractivity contribution in [2.75, 3.05) is 20.2 Å². The molecular weight excluding hydrogens is 452 g/mol. The summed E-state index contributed by atoms with van der Waals surface area (Å²) in [7, 11) is -1.89. The topological polar surface area (TPSA) is 115 Å². The number of nitrogens with zero attached hydrogens (tertiary/aromatic N) is 3. The van der Waals surface area contributed by atoms with E-state index < -0.39 is 10.0 Å². The zero-order valence-corrected chi connectivity index (χ0v) is 19.2. The van der Waals surface area contributed by atoms with Gasteiger partial charge in [0.05, 0.1) is 7.11 Å². The van der Waals surface area contributed by atoms with E-state index in [9.17, 15) is 13.2 Å². The molecule has 1 N–H and O–H groups in total. The van der Waals surface area contributed by atoms with Gasteiger partial charge in [0, 0.05) is 37.5 Å². The van der Waals surface area contributed by atoms with E-state index in [4.69, 9.17) is 9.26 Å². The largest absolute Gasteiger partial charge is 0.497 e. The second-order valence-electron chi connectivity index (χ2n) is 7.45. The maximum Gasteiger partial charge on any atom is 0.250 e. The molecule has 0 saturated carbocycles. The normalized spacial score (nSPS) is 15.1. The summed E-state index contributed by atoms with van der Waals surface area (Å²) < 4.78 is 38.2. The number of hydrogen-bond donors (Lipinski definition) is 1. The molecule has 4 rings (SSSR count). The van der Waals surface area contributed by atoms with Crippen molar-refractivity contribution in [2.24, 2.45) is 0 Å². The average molecular weight is 477 g/mol. The molecule has 1 fully saturated rings. The number of aryl methyl sites for hydroxylation is 1.